The van der Waals surface area contributed by atoms with Gasteiger partial charge in [-0.15, -0.1) is 0 Å². The van der Waals surface area contributed by atoms with Gasteiger partial charge in [0, 0.05) is 19.0 Å². The number of ether oxygens (including phenoxy) is 1. The van der Waals surface area contributed by atoms with Crippen molar-refractivity contribution in [1.29, 1.82) is 0 Å². The summed E-state index contributed by atoms with van der Waals surface area (Å²) < 4.78 is 32.5. The third-order valence-electron chi connectivity index (χ3n) is 5.28. The minimum absolute atomic E-state index is 0.000473. The molecule has 1 aliphatic rings. The van der Waals surface area contributed by atoms with Gasteiger partial charge in [0.2, 0.25) is 15.9 Å². The molecular weight excluding hydrogens is 400 g/mol. The maximum atomic E-state index is 12.6. The first-order chi connectivity index (χ1) is 14.3. The van der Waals surface area contributed by atoms with Crippen LogP contribution in [-0.4, -0.2) is 44.9 Å². The molecule has 1 amide bonds. The van der Waals surface area contributed by atoms with Gasteiger partial charge < -0.3 is 10.1 Å². The predicted octanol–water partition coefficient (Wildman–Crippen LogP) is 3.04. The smallest absolute Gasteiger partial charge is 0.223 e. The minimum atomic E-state index is -3.36. The Balaban J connectivity index is 1.40. The van der Waals surface area contributed by atoms with Crippen molar-refractivity contribution >= 4 is 15.9 Å². The molecule has 7 heteroatoms. The molecule has 0 saturated carbocycles. The Morgan fingerprint density at radius 3 is 2.33 bits per heavy atom. The molecule has 2 aromatic rings. The Hall–Kier alpha value is -2.38. The maximum Gasteiger partial charge on any atom is 0.223 e. The Bertz CT molecular complexity index is 932. The zero-order valence-electron chi connectivity index (χ0n) is 17.6. The van der Waals surface area contributed by atoms with Gasteiger partial charge in [0.1, 0.15) is 12.4 Å². The number of nitrogens with one attached hydrogen (secondary N) is 1. The van der Waals surface area contributed by atoms with Gasteiger partial charge in [-0.05, 0) is 55.5 Å². The summed E-state index contributed by atoms with van der Waals surface area (Å²) in [7, 11) is -3.36. The molecule has 30 heavy (non-hydrogen) atoms. The maximum absolute atomic E-state index is 12.6. The van der Waals surface area contributed by atoms with E-state index in [1.54, 1.807) is 0 Å². The highest BCUT2D eigenvalue weighted by atomic mass is 32.2. The van der Waals surface area contributed by atoms with E-state index in [4.69, 9.17) is 4.74 Å². The zero-order valence-corrected chi connectivity index (χ0v) is 18.5. The van der Waals surface area contributed by atoms with E-state index in [-0.39, 0.29) is 17.6 Å². The molecule has 0 bridgehead atoms. The van der Waals surface area contributed by atoms with Gasteiger partial charge in [-0.25, -0.2) is 12.7 Å². The molecule has 0 unspecified atom stereocenters. The topological polar surface area (TPSA) is 75.7 Å². The number of rotatable bonds is 8. The standard InChI is InChI=1S/C23H30N2O4S/c1-18-14-19(2)16-22(15-18)29-13-10-24-23(26)21-8-11-25(12-9-21)30(27,28)17-20-6-4-3-5-7-20/h3-7,14-16,21H,8-13,17H2,1-2H3,(H,24,26). The van der Waals surface area contributed by atoms with Crippen molar-refractivity contribution in [2.45, 2.75) is 32.4 Å². The normalized spacial score (nSPS) is 15.7. The third kappa shape index (κ3) is 6.31. The van der Waals surface area contributed by atoms with Crippen molar-refractivity contribution in [3.05, 3.63) is 65.2 Å². The van der Waals surface area contributed by atoms with Crippen LogP contribution in [0.2, 0.25) is 0 Å². The van der Waals surface area contributed by atoms with E-state index in [2.05, 4.69) is 11.4 Å². The molecule has 0 atom stereocenters. The number of carbonyl (C=O) groups is 1. The van der Waals surface area contributed by atoms with Crippen LogP contribution in [0.1, 0.15) is 29.5 Å². The third-order valence-corrected chi connectivity index (χ3v) is 7.13. The van der Waals surface area contributed by atoms with Crippen LogP contribution in [-0.2, 0) is 20.6 Å². The van der Waals surface area contributed by atoms with E-state index in [1.807, 2.05) is 56.3 Å². The first-order valence-corrected chi connectivity index (χ1v) is 11.9. The number of amides is 1. The van der Waals surface area contributed by atoms with Crippen molar-refractivity contribution < 1.29 is 17.9 Å². The lowest BCUT2D eigenvalue weighted by Crippen LogP contribution is -2.43. The summed E-state index contributed by atoms with van der Waals surface area (Å²) in [5.41, 5.74) is 3.06. The van der Waals surface area contributed by atoms with E-state index in [1.165, 1.54) is 4.31 Å². The van der Waals surface area contributed by atoms with Crippen LogP contribution >= 0.6 is 0 Å². The second-order valence-corrected chi connectivity index (χ2v) is 9.85. The van der Waals surface area contributed by atoms with Gasteiger partial charge in [0.25, 0.3) is 0 Å². The van der Waals surface area contributed by atoms with Crippen LogP contribution in [0, 0.1) is 19.8 Å². The number of sulfonamides is 1. The lowest BCUT2D eigenvalue weighted by molar-refractivity contribution is -0.126. The molecule has 0 spiro atoms. The summed E-state index contributed by atoms with van der Waals surface area (Å²) >= 11 is 0. The number of nitrogens with zero attached hydrogens (tertiary/aromatic N) is 1. The minimum Gasteiger partial charge on any atom is -0.492 e. The summed E-state index contributed by atoms with van der Waals surface area (Å²) in [6, 6.07) is 15.2. The first kappa shape index (κ1) is 22.3. The molecule has 1 heterocycles. The van der Waals surface area contributed by atoms with E-state index < -0.39 is 10.0 Å². The second-order valence-electron chi connectivity index (χ2n) is 7.88. The summed E-state index contributed by atoms with van der Waals surface area (Å²) in [5.74, 6) is 0.618. The Morgan fingerprint density at radius 2 is 1.70 bits per heavy atom. The van der Waals surface area contributed by atoms with Crippen molar-refractivity contribution in [2.24, 2.45) is 5.92 Å². The predicted molar refractivity (Wildman–Crippen MR) is 118 cm³/mol. The number of benzene rings is 2. The summed E-state index contributed by atoms with van der Waals surface area (Å²) in [6.45, 7) is 5.64. The van der Waals surface area contributed by atoms with Gasteiger partial charge in [-0.3, -0.25) is 4.79 Å². The highest BCUT2D eigenvalue weighted by Crippen LogP contribution is 2.22. The fourth-order valence-corrected chi connectivity index (χ4v) is 5.34. The van der Waals surface area contributed by atoms with Gasteiger partial charge >= 0.3 is 0 Å². The monoisotopic (exact) mass is 430 g/mol. The Labute approximate surface area is 179 Å². The highest BCUT2D eigenvalue weighted by Gasteiger charge is 2.31. The van der Waals surface area contributed by atoms with Gasteiger partial charge in [0.05, 0.1) is 12.3 Å². The van der Waals surface area contributed by atoms with Crippen LogP contribution < -0.4 is 10.1 Å². The molecule has 0 aliphatic carbocycles. The van der Waals surface area contributed by atoms with Gasteiger partial charge in [-0.1, -0.05) is 36.4 Å². The van der Waals surface area contributed by atoms with Crippen molar-refractivity contribution in [3.8, 4) is 5.75 Å². The highest BCUT2D eigenvalue weighted by molar-refractivity contribution is 7.88. The molecule has 3 rings (SSSR count). The van der Waals surface area contributed by atoms with Crippen molar-refractivity contribution in [1.82, 2.24) is 9.62 Å². The Morgan fingerprint density at radius 1 is 1.07 bits per heavy atom. The van der Waals surface area contributed by atoms with Crippen LogP contribution in [0.5, 0.6) is 5.75 Å². The lowest BCUT2D eigenvalue weighted by atomic mass is 9.97. The fraction of sp³-hybridized carbons (Fsp3) is 0.435. The second kappa shape index (κ2) is 10.1. The van der Waals surface area contributed by atoms with E-state index >= 15 is 0 Å². The molecule has 1 N–H and O–H groups in total. The van der Waals surface area contributed by atoms with E-state index in [0.717, 1.165) is 22.4 Å². The molecule has 0 radical (unpaired) electrons. The van der Waals surface area contributed by atoms with Gasteiger partial charge in [0.15, 0.2) is 0 Å². The molecule has 162 valence electrons. The number of piperidine rings is 1. The molecule has 1 saturated heterocycles. The van der Waals surface area contributed by atoms with Crippen LogP contribution in [0.4, 0.5) is 0 Å². The largest absolute Gasteiger partial charge is 0.492 e. The SMILES string of the molecule is Cc1cc(C)cc(OCCNC(=O)C2CCN(S(=O)(=O)Cc3ccccc3)CC2)c1. The Kier molecular flexibility index (Phi) is 7.50. The van der Waals surface area contributed by atoms with E-state index in [9.17, 15) is 13.2 Å². The van der Waals surface area contributed by atoms with E-state index in [0.29, 0.717) is 39.1 Å². The van der Waals surface area contributed by atoms with Crippen LogP contribution in [0.25, 0.3) is 0 Å². The quantitative estimate of drug-likeness (QED) is 0.653. The first-order valence-electron chi connectivity index (χ1n) is 10.3. The lowest BCUT2D eigenvalue weighted by Gasteiger charge is -2.30. The molecule has 6 nitrogen and oxygen atoms in total. The number of hydrogen-bond donors (Lipinski definition) is 1. The molecule has 2 aromatic carbocycles. The van der Waals surface area contributed by atoms with Crippen LogP contribution in [0.3, 0.4) is 0 Å². The summed E-state index contributed by atoms with van der Waals surface area (Å²) in [5, 5.41) is 2.91. The van der Waals surface area contributed by atoms with Gasteiger partial charge in [-0.2, -0.15) is 0 Å². The molecular formula is C23H30N2O4S. The van der Waals surface area contributed by atoms with Crippen LogP contribution in [0.15, 0.2) is 48.5 Å². The zero-order chi connectivity index (χ0) is 21.6. The van der Waals surface area contributed by atoms with Crippen molar-refractivity contribution in [3.63, 3.8) is 0 Å². The molecule has 1 fully saturated rings. The molecule has 1 aliphatic heterocycles. The summed E-state index contributed by atoms with van der Waals surface area (Å²) in [6.07, 6.45) is 1.08. The fourth-order valence-electron chi connectivity index (χ4n) is 3.78. The average molecular weight is 431 g/mol. The van der Waals surface area contributed by atoms with Crippen molar-refractivity contribution in [2.75, 3.05) is 26.2 Å². The number of carbonyl (C=O) groups excluding carboxylic acids is 1. The number of hydrogen-bond acceptors (Lipinski definition) is 4. The number of aryl methyl sites for hydroxylation is 2. The molecule has 0 aromatic heterocycles. The average Bonchev–Trinajstić information content (AvgIpc) is 2.71. The summed E-state index contributed by atoms with van der Waals surface area (Å²) in [4.78, 5) is 12.4.